The second kappa shape index (κ2) is 10.7. The van der Waals surface area contributed by atoms with Gasteiger partial charge in [0.15, 0.2) is 0 Å². The summed E-state index contributed by atoms with van der Waals surface area (Å²) in [4.78, 5) is 14.9. The van der Waals surface area contributed by atoms with Gasteiger partial charge in [-0.2, -0.15) is 0 Å². The van der Waals surface area contributed by atoms with E-state index in [1.165, 1.54) is 0 Å². The predicted octanol–water partition coefficient (Wildman–Crippen LogP) is 6.32. The number of anilines is 1. The van der Waals surface area contributed by atoms with Crippen LogP contribution in [0.1, 0.15) is 22.3 Å². The maximum absolute atomic E-state index is 13.1. The van der Waals surface area contributed by atoms with Crippen LogP contribution in [0.25, 0.3) is 0 Å². The zero-order valence-corrected chi connectivity index (χ0v) is 17.7. The lowest BCUT2D eigenvalue weighted by molar-refractivity contribution is 0.206. The monoisotopic (exact) mass is 416 g/mol. The van der Waals surface area contributed by atoms with E-state index in [2.05, 4.69) is 17.2 Å². The molecular weight excluding hydrogens is 392 g/mol. The van der Waals surface area contributed by atoms with Gasteiger partial charge in [-0.05, 0) is 47.5 Å². The molecule has 0 bridgehead atoms. The topological polar surface area (TPSA) is 32.3 Å². The van der Waals surface area contributed by atoms with Crippen molar-refractivity contribution in [3.63, 3.8) is 0 Å². The summed E-state index contributed by atoms with van der Waals surface area (Å²) >= 11 is 0. The molecule has 3 heteroatoms. The Balaban J connectivity index is 1.54. The number of carbonyl (C=O) groups excluding carboxylic acids is 1. The zero-order valence-electron chi connectivity index (χ0n) is 17.7. The number of nitrogens with one attached hydrogen (secondary N) is 1. The molecule has 0 aliphatic carbocycles. The van der Waals surface area contributed by atoms with Gasteiger partial charge in [-0.15, -0.1) is 0 Å². The quantitative estimate of drug-likeness (QED) is 0.379. The highest BCUT2D eigenvalue weighted by Crippen LogP contribution is 2.15. The van der Waals surface area contributed by atoms with E-state index in [1.807, 2.05) is 120 Å². The van der Waals surface area contributed by atoms with E-state index in [1.54, 1.807) is 0 Å². The average molecular weight is 417 g/mol. The Bertz CT molecular complexity index is 1210. The molecule has 2 amide bonds. The summed E-state index contributed by atoms with van der Waals surface area (Å²) in [5.74, 6) is 6.42. The molecule has 0 aliphatic rings. The number of para-hydroxylation sites is 1. The van der Waals surface area contributed by atoms with Gasteiger partial charge in [0, 0.05) is 29.9 Å². The van der Waals surface area contributed by atoms with Crippen molar-refractivity contribution in [2.45, 2.75) is 13.1 Å². The fourth-order valence-corrected chi connectivity index (χ4v) is 3.36. The molecule has 4 aromatic carbocycles. The SMILES string of the molecule is O=C(Nc1ccccc1)N(Cc1ccccc1)Cc1cccc(C#Cc2ccccc2)c1. The molecule has 0 radical (unpaired) electrons. The zero-order chi connectivity index (χ0) is 22.0. The molecule has 0 saturated carbocycles. The first-order valence-corrected chi connectivity index (χ1v) is 10.6. The Labute approximate surface area is 189 Å². The highest BCUT2D eigenvalue weighted by molar-refractivity contribution is 5.89. The Morgan fingerprint density at radius 3 is 1.88 bits per heavy atom. The lowest BCUT2D eigenvalue weighted by atomic mass is 10.1. The van der Waals surface area contributed by atoms with Gasteiger partial charge in [-0.25, -0.2) is 4.79 Å². The summed E-state index contributed by atoms with van der Waals surface area (Å²) < 4.78 is 0. The molecule has 156 valence electrons. The molecule has 0 unspecified atom stereocenters. The Morgan fingerprint density at radius 1 is 0.625 bits per heavy atom. The molecule has 0 atom stereocenters. The van der Waals surface area contributed by atoms with Crippen molar-refractivity contribution < 1.29 is 4.79 Å². The first kappa shape index (κ1) is 21.0. The van der Waals surface area contributed by atoms with Gasteiger partial charge in [-0.1, -0.05) is 90.7 Å². The molecule has 32 heavy (non-hydrogen) atoms. The van der Waals surface area contributed by atoms with Crippen LogP contribution >= 0.6 is 0 Å². The highest BCUT2D eigenvalue weighted by atomic mass is 16.2. The third kappa shape index (κ3) is 6.10. The third-order valence-corrected chi connectivity index (χ3v) is 4.95. The molecule has 0 saturated heterocycles. The standard InChI is InChI=1S/C29H24N2O/c32-29(30-28-17-8-3-9-18-28)31(22-26-13-6-2-7-14-26)23-27-16-10-15-25(21-27)20-19-24-11-4-1-5-12-24/h1-18,21H,22-23H2,(H,30,32). The maximum Gasteiger partial charge on any atom is 0.322 e. The molecule has 4 aromatic rings. The van der Waals surface area contributed by atoms with E-state index >= 15 is 0 Å². The van der Waals surface area contributed by atoms with Crippen LogP contribution in [0.5, 0.6) is 0 Å². The van der Waals surface area contributed by atoms with Crippen LogP contribution in [-0.4, -0.2) is 10.9 Å². The van der Waals surface area contributed by atoms with Crippen LogP contribution in [0.3, 0.4) is 0 Å². The summed E-state index contributed by atoms with van der Waals surface area (Å²) in [7, 11) is 0. The first-order chi connectivity index (χ1) is 15.8. The summed E-state index contributed by atoms with van der Waals surface area (Å²) in [5.41, 5.74) is 4.79. The van der Waals surface area contributed by atoms with Crippen molar-refractivity contribution in [3.8, 4) is 11.8 Å². The van der Waals surface area contributed by atoms with Crippen LogP contribution in [0.4, 0.5) is 10.5 Å². The van der Waals surface area contributed by atoms with Gasteiger partial charge in [0.1, 0.15) is 0 Å². The van der Waals surface area contributed by atoms with E-state index in [0.717, 1.165) is 27.9 Å². The second-order valence-electron chi connectivity index (χ2n) is 7.45. The molecule has 0 aliphatic heterocycles. The Kier molecular flexibility index (Phi) is 6.98. The summed E-state index contributed by atoms with van der Waals surface area (Å²) in [6.07, 6.45) is 0. The lowest BCUT2D eigenvalue weighted by Gasteiger charge is -2.23. The minimum atomic E-state index is -0.138. The van der Waals surface area contributed by atoms with Gasteiger partial charge in [0.25, 0.3) is 0 Å². The predicted molar refractivity (Wildman–Crippen MR) is 130 cm³/mol. The Morgan fingerprint density at radius 2 is 1.16 bits per heavy atom. The molecule has 0 aromatic heterocycles. The van der Waals surface area contributed by atoms with Crippen LogP contribution in [0, 0.1) is 11.8 Å². The number of benzene rings is 4. The highest BCUT2D eigenvalue weighted by Gasteiger charge is 2.15. The number of nitrogens with zero attached hydrogens (tertiary/aromatic N) is 1. The van der Waals surface area contributed by atoms with Crippen LogP contribution in [0.2, 0.25) is 0 Å². The number of urea groups is 1. The number of carbonyl (C=O) groups is 1. The minimum absolute atomic E-state index is 0.138. The van der Waals surface area contributed by atoms with Crippen molar-refractivity contribution in [2.75, 3.05) is 5.32 Å². The fraction of sp³-hybridized carbons (Fsp3) is 0.0690. The van der Waals surface area contributed by atoms with E-state index in [-0.39, 0.29) is 6.03 Å². The smallest absolute Gasteiger partial charge is 0.316 e. The average Bonchev–Trinajstić information content (AvgIpc) is 2.84. The Hall–Kier alpha value is -4.29. The first-order valence-electron chi connectivity index (χ1n) is 10.6. The number of amides is 2. The molecular formula is C29H24N2O. The van der Waals surface area contributed by atoms with Gasteiger partial charge < -0.3 is 10.2 Å². The third-order valence-electron chi connectivity index (χ3n) is 4.95. The number of hydrogen-bond donors (Lipinski definition) is 1. The largest absolute Gasteiger partial charge is 0.322 e. The number of hydrogen-bond acceptors (Lipinski definition) is 1. The van der Waals surface area contributed by atoms with Crippen molar-refractivity contribution in [3.05, 3.63) is 138 Å². The van der Waals surface area contributed by atoms with Gasteiger partial charge in [0.05, 0.1) is 0 Å². The van der Waals surface area contributed by atoms with E-state index in [4.69, 9.17) is 0 Å². The summed E-state index contributed by atoms with van der Waals surface area (Å²) in [5, 5.41) is 3.00. The lowest BCUT2D eigenvalue weighted by Crippen LogP contribution is -2.34. The minimum Gasteiger partial charge on any atom is -0.316 e. The molecule has 0 spiro atoms. The maximum atomic E-state index is 13.1. The molecule has 0 heterocycles. The van der Waals surface area contributed by atoms with Gasteiger partial charge in [0.2, 0.25) is 0 Å². The van der Waals surface area contributed by atoms with E-state index < -0.39 is 0 Å². The second-order valence-corrected chi connectivity index (χ2v) is 7.45. The normalized spacial score (nSPS) is 10.0. The molecule has 3 nitrogen and oxygen atoms in total. The van der Waals surface area contributed by atoms with E-state index in [0.29, 0.717) is 13.1 Å². The van der Waals surface area contributed by atoms with Crippen molar-refractivity contribution in [2.24, 2.45) is 0 Å². The van der Waals surface area contributed by atoms with Crippen LogP contribution < -0.4 is 5.32 Å². The number of rotatable bonds is 5. The molecule has 1 N–H and O–H groups in total. The van der Waals surface area contributed by atoms with Gasteiger partial charge in [-0.3, -0.25) is 0 Å². The fourth-order valence-electron chi connectivity index (χ4n) is 3.36. The van der Waals surface area contributed by atoms with Crippen molar-refractivity contribution in [1.82, 2.24) is 4.90 Å². The summed E-state index contributed by atoms with van der Waals surface area (Å²) in [6.45, 7) is 0.994. The van der Waals surface area contributed by atoms with E-state index in [9.17, 15) is 4.79 Å². The van der Waals surface area contributed by atoms with Crippen LogP contribution in [0.15, 0.2) is 115 Å². The summed E-state index contributed by atoms with van der Waals surface area (Å²) in [6, 6.07) is 37.4. The van der Waals surface area contributed by atoms with Crippen LogP contribution in [-0.2, 0) is 13.1 Å². The molecule has 4 rings (SSSR count). The van der Waals surface area contributed by atoms with Crippen molar-refractivity contribution in [1.29, 1.82) is 0 Å². The van der Waals surface area contributed by atoms with Crippen molar-refractivity contribution >= 4 is 11.7 Å². The van der Waals surface area contributed by atoms with Gasteiger partial charge >= 0.3 is 6.03 Å². The molecule has 0 fully saturated rings.